The molecule has 2 aromatic rings. The van der Waals surface area contributed by atoms with E-state index in [2.05, 4.69) is 47.4 Å². The van der Waals surface area contributed by atoms with Gasteiger partial charge in [0.05, 0.1) is 11.8 Å². The summed E-state index contributed by atoms with van der Waals surface area (Å²) in [6, 6.07) is 10.5. The molecule has 1 aromatic carbocycles. The molecule has 0 spiro atoms. The van der Waals surface area contributed by atoms with Crippen LogP contribution in [0.15, 0.2) is 41.4 Å². The number of rotatable bonds is 2. The number of thioether (sulfide) groups is 1. The lowest BCUT2D eigenvalue weighted by atomic mass is 9.95. The normalized spacial score (nSPS) is 18.7. The number of hydrogen-bond acceptors (Lipinski definition) is 2. The zero-order valence-electron chi connectivity index (χ0n) is 10.5. The fourth-order valence-corrected chi connectivity index (χ4v) is 3.31. The first kappa shape index (κ1) is 11.9. The van der Waals surface area contributed by atoms with Crippen molar-refractivity contribution in [3.63, 3.8) is 0 Å². The third-order valence-electron chi connectivity index (χ3n) is 3.62. The molecule has 1 unspecified atom stereocenters. The van der Waals surface area contributed by atoms with Crippen molar-refractivity contribution in [3.8, 4) is 5.69 Å². The molecular formula is C15H17NOS. The summed E-state index contributed by atoms with van der Waals surface area (Å²) >= 11 is 1.76. The second kappa shape index (κ2) is 4.82. The summed E-state index contributed by atoms with van der Waals surface area (Å²) in [4.78, 5) is 1.27. The predicted molar refractivity (Wildman–Crippen MR) is 75.4 cm³/mol. The minimum Gasteiger partial charge on any atom is -0.388 e. The van der Waals surface area contributed by atoms with Gasteiger partial charge in [-0.25, -0.2) is 0 Å². The maximum absolute atomic E-state index is 10.0. The van der Waals surface area contributed by atoms with Gasteiger partial charge in [0.2, 0.25) is 0 Å². The van der Waals surface area contributed by atoms with Crippen molar-refractivity contribution >= 4 is 11.8 Å². The SMILES string of the molecule is CSc1ccccc1-n1ccc2c1CCCC2O. The van der Waals surface area contributed by atoms with Gasteiger partial charge < -0.3 is 9.67 Å². The lowest BCUT2D eigenvalue weighted by molar-refractivity contribution is 0.156. The summed E-state index contributed by atoms with van der Waals surface area (Å²) in [5, 5.41) is 10.0. The van der Waals surface area contributed by atoms with Crippen LogP contribution in [-0.4, -0.2) is 15.9 Å². The van der Waals surface area contributed by atoms with Crippen molar-refractivity contribution < 1.29 is 5.11 Å². The zero-order chi connectivity index (χ0) is 12.5. The van der Waals surface area contributed by atoms with Crippen LogP contribution in [-0.2, 0) is 6.42 Å². The molecule has 1 heterocycles. The molecule has 0 radical (unpaired) electrons. The van der Waals surface area contributed by atoms with Crippen molar-refractivity contribution in [2.75, 3.05) is 6.26 Å². The highest BCUT2D eigenvalue weighted by atomic mass is 32.2. The van der Waals surface area contributed by atoms with Crippen LogP contribution in [0.4, 0.5) is 0 Å². The lowest BCUT2D eigenvalue weighted by Crippen LogP contribution is -2.11. The number of hydrogen-bond donors (Lipinski definition) is 1. The van der Waals surface area contributed by atoms with Gasteiger partial charge in [-0.05, 0) is 43.7 Å². The molecule has 0 aliphatic heterocycles. The smallest absolute Gasteiger partial charge is 0.0807 e. The number of fused-ring (bicyclic) bond motifs is 1. The van der Waals surface area contributed by atoms with Crippen molar-refractivity contribution in [3.05, 3.63) is 47.8 Å². The number of benzene rings is 1. The molecule has 18 heavy (non-hydrogen) atoms. The first-order chi connectivity index (χ1) is 8.81. The molecule has 0 amide bonds. The molecule has 0 fully saturated rings. The van der Waals surface area contributed by atoms with E-state index in [1.54, 1.807) is 11.8 Å². The van der Waals surface area contributed by atoms with Crippen LogP contribution in [0, 0.1) is 0 Å². The van der Waals surface area contributed by atoms with E-state index in [9.17, 15) is 5.11 Å². The predicted octanol–water partition coefficient (Wildman–Crippen LogP) is 3.57. The van der Waals surface area contributed by atoms with Crippen molar-refractivity contribution in [2.24, 2.45) is 0 Å². The van der Waals surface area contributed by atoms with Crippen molar-refractivity contribution in [1.29, 1.82) is 0 Å². The van der Waals surface area contributed by atoms with E-state index in [4.69, 9.17) is 0 Å². The minimum absolute atomic E-state index is 0.281. The molecule has 3 heteroatoms. The Morgan fingerprint density at radius 2 is 2.11 bits per heavy atom. The van der Waals surface area contributed by atoms with E-state index in [0.717, 1.165) is 24.8 Å². The first-order valence-corrected chi connectivity index (χ1v) is 7.55. The topological polar surface area (TPSA) is 25.2 Å². The summed E-state index contributed by atoms with van der Waals surface area (Å²) in [5.74, 6) is 0. The lowest BCUT2D eigenvalue weighted by Gasteiger charge is -2.21. The average molecular weight is 259 g/mol. The Kier molecular flexibility index (Phi) is 3.18. The van der Waals surface area contributed by atoms with Gasteiger partial charge >= 0.3 is 0 Å². The molecule has 2 nitrogen and oxygen atoms in total. The quantitative estimate of drug-likeness (QED) is 0.834. The summed E-state index contributed by atoms with van der Waals surface area (Å²) in [5.41, 5.74) is 3.60. The van der Waals surface area contributed by atoms with Crippen LogP contribution in [0.1, 0.15) is 30.2 Å². The van der Waals surface area contributed by atoms with Gasteiger partial charge in [-0.1, -0.05) is 12.1 Å². The van der Waals surface area contributed by atoms with E-state index < -0.39 is 0 Å². The molecule has 0 saturated carbocycles. The number of aromatic nitrogens is 1. The summed E-state index contributed by atoms with van der Waals surface area (Å²) in [7, 11) is 0. The summed E-state index contributed by atoms with van der Waals surface area (Å²) < 4.78 is 2.24. The zero-order valence-corrected chi connectivity index (χ0v) is 11.3. The third kappa shape index (κ3) is 1.88. The Morgan fingerprint density at radius 1 is 1.28 bits per heavy atom. The highest BCUT2D eigenvalue weighted by Gasteiger charge is 2.22. The van der Waals surface area contributed by atoms with Crippen LogP contribution in [0.3, 0.4) is 0 Å². The Labute approximate surface area is 112 Å². The molecule has 1 aliphatic carbocycles. The van der Waals surface area contributed by atoms with Gasteiger partial charge in [-0.2, -0.15) is 0 Å². The summed E-state index contributed by atoms with van der Waals surface area (Å²) in [6.45, 7) is 0. The molecule has 1 aromatic heterocycles. The monoisotopic (exact) mass is 259 g/mol. The van der Waals surface area contributed by atoms with E-state index in [0.29, 0.717) is 0 Å². The van der Waals surface area contributed by atoms with Crippen LogP contribution < -0.4 is 0 Å². The van der Waals surface area contributed by atoms with Crippen LogP contribution in [0.25, 0.3) is 5.69 Å². The number of aliphatic hydroxyl groups is 1. The third-order valence-corrected chi connectivity index (χ3v) is 4.41. The van der Waals surface area contributed by atoms with Crippen LogP contribution >= 0.6 is 11.8 Å². The largest absolute Gasteiger partial charge is 0.388 e. The van der Waals surface area contributed by atoms with Crippen molar-refractivity contribution in [1.82, 2.24) is 4.57 Å². The fourth-order valence-electron chi connectivity index (χ4n) is 2.72. The maximum Gasteiger partial charge on any atom is 0.0807 e. The van der Waals surface area contributed by atoms with Gasteiger partial charge in [0.1, 0.15) is 0 Å². The highest BCUT2D eigenvalue weighted by molar-refractivity contribution is 7.98. The Bertz CT molecular complexity index is 561. The molecule has 0 saturated heterocycles. The van der Waals surface area contributed by atoms with Gasteiger partial charge in [0.15, 0.2) is 0 Å². The highest BCUT2D eigenvalue weighted by Crippen LogP contribution is 2.34. The van der Waals surface area contributed by atoms with E-state index in [1.807, 2.05) is 0 Å². The number of nitrogens with zero attached hydrogens (tertiary/aromatic N) is 1. The summed E-state index contributed by atoms with van der Waals surface area (Å²) in [6.07, 6.45) is 6.93. The van der Waals surface area contributed by atoms with E-state index in [1.165, 1.54) is 16.3 Å². The maximum atomic E-state index is 10.0. The Hall–Kier alpha value is -1.19. The Morgan fingerprint density at radius 3 is 2.94 bits per heavy atom. The molecule has 1 N–H and O–H groups in total. The number of para-hydroxylation sites is 1. The van der Waals surface area contributed by atoms with Crippen molar-refractivity contribution in [2.45, 2.75) is 30.3 Å². The van der Waals surface area contributed by atoms with E-state index >= 15 is 0 Å². The second-order valence-electron chi connectivity index (χ2n) is 4.67. The average Bonchev–Trinajstić information content (AvgIpc) is 2.84. The molecule has 1 atom stereocenters. The standard InChI is InChI=1S/C15H17NOS/c1-18-15-8-3-2-5-13(15)16-10-9-11-12(16)6-4-7-14(11)17/h2-3,5,8-10,14,17H,4,6-7H2,1H3. The van der Waals surface area contributed by atoms with Crippen LogP contribution in [0.2, 0.25) is 0 Å². The minimum atomic E-state index is -0.281. The molecular weight excluding hydrogens is 242 g/mol. The Balaban J connectivity index is 2.13. The first-order valence-electron chi connectivity index (χ1n) is 6.33. The fraction of sp³-hybridized carbons (Fsp3) is 0.333. The van der Waals surface area contributed by atoms with Crippen LogP contribution in [0.5, 0.6) is 0 Å². The van der Waals surface area contributed by atoms with Gasteiger partial charge in [-0.15, -0.1) is 11.8 Å². The van der Waals surface area contributed by atoms with Gasteiger partial charge in [-0.3, -0.25) is 0 Å². The van der Waals surface area contributed by atoms with Gasteiger partial charge in [0.25, 0.3) is 0 Å². The number of aliphatic hydroxyl groups excluding tert-OH is 1. The molecule has 1 aliphatic rings. The second-order valence-corrected chi connectivity index (χ2v) is 5.52. The molecule has 3 rings (SSSR count). The molecule has 0 bridgehead atoms. The van der Waals surface area contributed by atoms with Gasteiger partial charge in [0, 0.05) is 22.3 Å². The van der Waals surface area contributed by atoms with E-state index in [-0.39, 0.29) is 6.10 Å². The molecule has 94 valence electrons.